The fraction of sp³-hybridized carbons (Fsp3) is 0. The Morgan fingerprint density at radius 2 is 0.754 bits per heavy atom. The molecule has 0 fully saturated rings. The van der Waals surface area contributed by atoms with Gasteiger partial charge in [-0.3, -0.25) is 0 Å². The van der Waals surface area contributed by atoms with E-state index in [1.165, 1.54) is 75.5 Å². The first-order valence-corrected chi connectivity index (χ1v) is 21.7. The summed E-state index contributed by atoms with van der Waals surface area (Å²) in [5, 5.41) is 10.4. The van der Waals surface area contributed by atoms with Crippen LogP contribution in [0.25, 0.3) is 66.1 Å². The summed E-state index contributed by atoms with van der Waals surface area (Å²) >= 11 is 0. The number of rotatable bonds is 7. The number of hydrogen-bond acceptors (Lipinski definition) is 0. The largest absolute Gasteiger partial charge is 0.307 e. The maximum absolute atomic E-state index is 2.97. The van der Waals surface area contributed by atoms with Gasteiger partial charge in [0.2, 0.25) is 0 Å². The van der Waals surface area contributed by atoms with Gasteiger partial charge in [0.15, 0.2) is 8.07 Å². The summed E-state index contributed by atoms with van der Waals surface area (Å²) in [5.74, 6) is 0. The molecular weight excluding hydrogens is 705 g/mol. The SMILES string of the molecule is c1ccc(-c2cc(-n3c4ccccc4c4cccc([Si](c5ccccc5)(c5ccccc5)c5ccccc5)c43)c3c(c2)c2ccccc2n3-c2ccccc2)cc1. The molecule has 2 aromatic heterocycles. The van der Waals surface area contributed by atoms with Gasteiger partial charge < -0.3 is 9.13 Å². The number of para-hydroxylation sites is 4. The molecule has 0 bridgehead atoms. The molecule has 9 aromatic carbocycles. The highest BCUT2D eigenvalue weighted by Crippen LogP contribution is 2.42. The van der Waals surface area contributed by atoms with E-state index in [4.69, 9.17) is 0 Å². The Bertz CT molecular complexity index is 3110. The van der Waals surface area contributed by atoms with Crippen LogP contribution in [0.4, 0.5) is 0 Å². The molecule has 57 heavy (non-hydrogen) atoms. The summed E-state index contributed by atoms with van der Waals surface area (Å²) in [7, 11) is -2.97. The Morgan fingerprint density at radius 1 is 0.298 bits per heavy atom. The maximum Gasteiger partial charge on any atom is 0.181 e. The van der Waals surface area contributed by atoms with Crippen molar-refractivity contribution < 1.29 is 0 Å². The Kier molecular flexibility index (Phi) is 7.87. The van der Waals surface area contributed by atoms with Crippen LogP contribution in [0, 0.1) is 0 Å². The van der Waals surface area contributed by atoms with Crippen LogP contribution in [0.15, 0.2) is 231 Å². The zero-order chi connectivity index (χ0) is 37.8. The zero-order valence-electron chi connectivity index (χ0n) is 31.3. The minimum absolute atomic E-state index is 1.14. The quantitative estimate of drug-likeness (QED) is 0.114. The van der Waals surface area contributed by atoms with Crippen LogP contribution in [-0.4, -0.2) is 17.2 Å². The van der Waals surface area contributed by atoms with Crippen molar-refractivity contribution >= 4 is 72.4 Å². The highest BCUT2D eigenvalue weighted by Gasteiger charge is 2.43. The molecule has 0 atom stereocenters. The van der Waals surface area contributed by atoms with E-state index in [1.807, 2.05) is 0 Å². The van der Waals surface area contributed by atoms with Crippen LogP contribution in [0.2, 0.25) is 0 Å². The van der Waals surface area contributed by atoms with Gasteiger partial charge in [-0.25, -0.2) is 0 Å². The number of benzene rings is 9. The van der Waals surface area contributed by atoms with Crippen LogP contribution in [-0.2, 0) is 0 Å². The molecule has 2 nitrogen and oxygen atoms in total. The lowest BCUT2D eigenvalue weighted by molar-refractivity contribution is 1.13. The van der Waals surface area contributed by atoms with Crippen molar-refractivity contribution in [2.75, 3.05) is 0 Å². The smallest absolute Gasteiger partial charge is 0.181 e. The van der Waals surface area contributed by atoms with Crippen molar-refractivity contribution in [3.05, 3.63) is 231 Å². The molecule has 11 rings (SSSR count). The van der Waals surface area contributed by atoms with Gasteiger partial charge in [-0.05, 0) is 68.3 Å². The number of hydrogen-bond donors (Lipinski definition) is 0. The Hall–Kier alpha value is -7.20. The van der Waals surface area contributed by atoms with Crippen LogP contribution in [0.3, 0.4) is 0 Å². The van der Waals surface area contributed by atoms with E-state index < -0.39 is 8.07 Å². The highest BCUT2D eigenvalue weighted by atomic mass is 28.3. The molecule has 268 valence electrons. The molecule has 0 amide bonds. The average molecular weight is 743 g/mol. The fourth-order valence-electron chi connectivity index (χ4n) is 9.49. The summed E-state index contributed by atoms with van der Waals surface area (Å²) in [6, 6.07) is 85.4. The summed E-state index contributed by atoms with van der Waals surface area (Å²) in [6.07, 6.45) is 0. The van der Waals surface area contributed by atoms with Gasteiger partial charge in [0.25, 0.3) is 0 Å². The first kappa shape index (κ1) is 33.2. The molecule has 0 unspecified atom stereocenters. The van der Waals surface area contributed by atoms with Crippen molar-refractivity contribution in [3.8, 4) is 22.5 Å². The van der Waals surface area contributed by atoms with Crippen molar-refractivity contribution in [1.29, 1.82) is 0 Å². The lowest BCUT2D eigenvalue weighted by Gasteiger charge is -2.35. The van der Waals surface area contributed by atoms with Crippen LogP contribution in [0.5, 0.6) is 0 Å². The minimum atomic E-state index is -2.97. The summed E-state index contributed by atoms with van der Waals surface area (Å²) in [6.45, 7) is 0. The second kappa shape index (κ2) is 13.5. The van der Waals surface area contributed by atoms with Crippen molar-refractivity contribution in [2.24, 2.45) is 0 Å². The van der Waals surface area contributed by atoms with E-state index in [-0.39, 0.29) is 0 Å². The molecule has 0 aliphatic heterocycles. The Balaban J connectivity index is 1.39. The molecule has 0 saturated heterocycles. The van der Waals surface area contributed by atoms with E-state index in [0.717, 1.165) is 11.4 Å². The van der Waals surface area contributed by atoms with Gasteiger partial charge in [0, 0.05) is 27.2 Å². The molecule has 0 N–H and O–H groups in total. The molecular formula is C54H38N2Si. The molecule has 0 saturated carbocycles. The third-order valence-electron chi connectivity index (χ3n) is 11.8. The molecule has 11 aromatic rings. The third-order valence-corrected chi connectivity index (χ3v) is 16.6. The van der Waals surface area contributed by atoms with Gasteiger partial charge in [-0.1, -0.05) is 194 Å². The summed E-state index contributed by atoms with van der Waals surface area (Å²) in [5.41, 5.74) is 9.49. The second-order valence-electron chi connectivity index (χ2n) is 14.8. The predicted octanol–water partition coefficient (Wildman–Crippen LogP) is 10.9. The normalized spacial score (nSPS) is 11.9. The van der Waals surface area contributed by atoms with Gasteiger partial charge in [0.05, 0.1) is 27.8 Å². The van der Waals surface area contributed by atoms with Gasteiger partial charge >= 0.3 is 0 Å². The second-order valence-corrected chi connectivity index (χ2v) is 18.6. The van der Waals surface area contributed by atoms with Crippen LogP contribution < -0.4 is 20.7 Å². The van der Waals surface area contributed by atoms with Crippen molar-refractivity contribution in [1.82, 2.24) is 9.13 Å². The van der Waals surface area contributed by atoms with Gasteiger partial charge in [-0.15, -0.1) is 0 Å². The average Bonchev–Trinajstić information content (AvgIpc) is 3.82. The van der Waals surface area contributed by atoms with Gasteiger partial charge in [-0.2, -0.15) is 0 Å². The zero-order valence-corrected chi connectivity index (χ0v) is 32.3. The van der Waals surface area contributed by atoms with Crippen molar-refractivity contribution in [2.45, 2.75) is 0 Å². The van der Waals surface area contributed by atoms with E-state index in [9.17, 15) is 0 Å². The molecule has 0 aliphatic rings. The summed E-state index contributed by atoms with van der Waals surface area (Å²) in [4.78, 5) is 0. The highest BCUT2D eigenvalue weighted by molar-refractivity contribution is 7.20. The molecule has 2 heterocycles. The third kappa shape index (κ3) is 5.10. The lowest BCUT2D eigenvalue weighted by Crippen LogP contribution is -2.75. The van der Waals surface area contributed by atoms with E-state index in [1.54, 1.807) is 0 Å². The first-order valence-electron chi connectivity index (χ1n) is 19.7. The summed E-state index contributed by atoms with van der Waals surface area (Å²) < 4.78 is 5.10. The Morgan fingerprint density at radius 3 is 1.33 bits per heavy atom. The molecule has 3 heteroatoms. The fourth-order valence-corrected chi connectivity index (χ4v) is 14.4. The Labute approximate surface area is 333 Å². The number of aromatic nitrogens is 2. The van der Waals surface area contributed by atoms with E-state index in [2.05, 4.69) is 240 Å². The van der Waals surface area contributed by atoms with E-state index >= 15 is 0 Å². The minimum Gasteiger partial charge on any atom is -0.307 e. The lowest BCUT2D eigenvalue weighted by atomic mass is 10.0. The standard InChI is InChI=1S/C54H38N2Si/c1-6-21-39(22-7-1)40-37-48-46-32-17-18-34-49(46)55(41-23-8-2-9-24-41)53(48)51(38-40)56-50-35-19-16-31-45(50)47-33-20-36-52(54(47)56)57(42-25-10-3-11-26-42,43-27-12-4-13-28-43)44-29-14-5-15-30-44/h1-38H. The first-order chi connectivity index (χ1) is 28.3. The predicted molar refractivity (Wildman–Crippen MR) is 244 cm³/mol. The molecule has 0 radical (unpaired) electrons. The number of nitrogens with zero attached hydrogens (tertiary/aromatic N) is 2. The molecule has 0 aliphatic carbocycles. The molecule has 0 spiro atoms. The van der Waals surface area contributed by atoms with Crippen molar-refractivity contribution in [3.63, 3.8) is 0 Å². The number of fused-ring (bicyclic) bond motifs is 6. The van der Waals surface area contributed by atoms with Gasteiger partial charge in [0.1, 0.15) is 0 Å². The maximum atomic E-state index is 2.61. The van der Waals surface area contributed by atoms with Crippen LogP contribution >= 0.6 is 0 Å². The topological polar surface area (TPSA) is 9.86 Å². The van der Waals surface area contributed by atoms with Crippen LogP contribution in [0.1, 0.15) is 0 Å². The monoisotopic (exact) mass is 742 g/mol. The van der Waals surface area contributed by atoms with E-state index in [0.29, 0.717) is 0 Å².